The van der Waals surface area contributed by atoms with E-state index < -0.39 is 29.6 Å². The van der Waals surface area contributed by atoms with Crippen molar-refractivity contribution in [3.63, 3.8) is 0 Å². The molecule has 1 N–H and O–H groups in total. The number of likely N-dealkylation sites (tertiary alicyclic amines) is 1. The van der Waals surface area contributed by atoms with Gasteiger partial charge in [-0.1, -0.05) is 0 Å². The van der Waals surface area contributed by atoms with Gasteiger partial charge >= 0.3 is 6.09 Å². The van der Waals surface area contributed by atoms with Crippen molar-refractivity contribution in [2.24, 2.45) is 0 Å². The Balaban J connectivity index is 2.21. The van der Waals surface area contributed by atoms with E-state index in [1.807, 2.05) is 0 Å². The second-order valence-electron chi connectivity index (χ2n) is 8.12. The van der Waals surface area contributed by atoms with Crippen molar-refractivity contribution in [1.82, 2.24) is 9.80 Å². The molecular formula is C17H30N2O5. The van der Waals surface area contributed by atoms with Crippen molar-refractivity contribution in [3.8, 4) is 0 Å². The zero-order valence-corrected chi connectivity index (χ0v) is 15.5. The number of piperidine rings is 1. The second-order valence-corrected chi connectivity index (χ2v) is 8.12. The number of rotatable bonds is 1. The maximum absolute atomic E-state index is 13.0. The maximum atomic E-state index is 13.0. The number of nitrogens with zero attached hydrogens (tertiary/aromatic N) is 2. The Labute approximate surface area is 143 Å². The van der Waals surface area contributed by atoms with Crippen molar-refractivity contribution in [2.75, 3.05) is 13.1 Å². The molecule has 2 aliphatic rings. The molecule has 2 rings (SSSR count). The third-order valence-corrected chi connectivity index (χ3v) is 4.40. The predicted molar refractivity (Wildman–Crippen MR) is 88.3 cm³/mol. The van der Waals surface area contributed by atoms with Crippen LogP contribution in [0.25, 0.3) is 0 Å². The molecule has 2 amide bonds. The fraction of sp³-hybridized carbons (Fsp3) is 0.882. The van der Waals surface area contributed by atoms with Gasteiger partial charge in [0.2, 0.25) is 5.91 Å². The number of carbonyl (C=O) groups is 2. The minimum Gasteiger partial charge on any atom is -0.444 e. The average molecular weight is 342 g/mol. The highest BCUT2D eigenvalue weighted by molar-refractivity contribution is 5.87. The highest BCUT2D eigenvalue weighted by Crippen LogP contribution is 2.34. The van der Waals surface area contributed by atoms with Gasteiger partial charge in [0.15, 0.2) is 0 Å². The minimum absolute atomic E-state index is 0.147. The number of hydrogen-bond donors (Lipinski definition) is 1. The van der Waals surface area contributed by atoms with Crippen molar-refractivity contribution in [2.45, 2.75) is 84.0 Å². The Morgan fingerprint density at radius 2 is 1.75 bits per heavy atom. The molecule has 0 aliphatic carbocycles. The van der Waals surface area contributed by atoms with Crippen LogP contribution in [-0.2, 0) is 14.3 Å². The SMILES string of the molecule is C[C@H]1OC(C)(C)N(C(=O)OC(C)(C)C)[C@H]1C(=O)N1CCC(O)CC1. The normalized spacial score (nSPS) is 28.1. The molecule has 138 valence electrons. The number of carbonyl (C=O) groups excluding carboxylic acids is 2. The van der Waals surface area contributed by atoms with Crippen LogP contribution < -0.4 is 0 Å². The largest absolute Gasteiger partial charge is 0.444 e. The Morgan fingerprint density at radius 3 is 2.25 bits per heavy atom. The molecule has 7 heteroatoms. The van der Waals surface area contributed by atoms with Gasteiger partial charge in [-0.2, -0.15) is 0 Å². The van der Waals surface area contributed by atoms with E-state index in [1.165, 1.54) is 4.90 Å². The number of ether oxygens (including phenoxy) is 2. The Morgan fingerprint density at radius 1 is 1.21 bits per heavy atom. The Kier molecular flexibility index (Phi) is 5.16. The van der Waals surface area contributed by atoms with Gasteiger partial charge in [-0.05, 0) is 54.4 Å². The minimum atomic E-state index is -0.919. The van der Waals surface area contributed by atoms with Crippen LogP contribution in [0.15, 0.2) is 0 Å². The van der Waals surface area contributed by atoms with Crippen LogP contribution in [0.5, 0.6) is 0 Å². The van der Waals surface area contributed by atoms with E-state index in [0.717, 1.165) is 0 Å². The number of aliphatic hydroxyl groups is 1. The third kappa shape index (κ3) is 4.00. The molecule has 0 unspecified atom stereocenters. The van der Waals surface area contributed by atoms with E-state index in [0.29, 0.717) is 25.9 Å². The molecule has 0 radical (unpaired) electrons. The number of aliphatic hydroxyl groups excluding tert-OH is 1. The lowest BCUT2D eigenvalue weighted by Gasteiger charge is -2.37. The van der Waals surface area contributed by atoms with Crippen molar-refractivity contribution < 1.29 is 24.2 Å². The zero-order chi connectivity index (χ0) is 18.3. The van der Waals surface area contributed by atoms with E-state index >= 15 is 0 Å². The summed E-state index contributed by atoms with van der Waals surface area (Å²) >= 11 is 0. The summed E-state index contributed by atoms with van der Waals surface area (Å²) in [5, 5.41) is 9.63. The smallest absolute Gasteiger partial charge is 0.413 e. The molecular weight excluding hydrogens is 312 g/mol. The first-order valence-corrected chi connectivity index (χ1v) is 8.59. The van der Waals surface area contributed by atoms with Crippen molar-refractivity contribution in [3.05, 3.63) is 0 Å². The molecule has 0 aromatic carbocycles. The van der Waals surface area contributed by atoms with E-state index in [2.05, 4.69) is 0 Å². The highest BCUT2D eigenvalue weighted by Gasteiger charge is 2.53. The Bertz CT molecular complexity index is 492. The van der Waals surface area contributed by atoms with E-state index in [-0.39, 0.29) is 12.0 Å². The number of amides is 2. The maximum Gasteiger partial charge on any atom is 0.413 e. The topological polar surface area (TPSA) is 79.3 Å². The molecule has 0 saturated carbocycles. The van der Waals surface area contributed by atoms with Crippen LogP contribution in [0.1, 0.15) is 54.4 Å². The first-order chi connectivity index (χ1) is 10.9. The summed E-state index contributed by atoms with van der Waals surface area (Å²) in [6.07, 6.45) is -0.212. The lowest BCUT2D eigenvalue weighted by Crippen LogP contribution is -2.57. The summed E-state index contributed by atoms with van der Waals surface area (Å²) in [6, 6.07) is -0.718. The van der Waals surface area contributed by atoms with Crippen LogP contribution in [0, 0.1) is 0 Å². The lowest BCUT2D eigenvalue weighted by molar-refractivity contribution is -0.139. The lowest BCUT2D eigenvalue weighted by atomic mass is 10.0. The first-order valence-electron chi connectivity index (χ1n) is 8.59. The van der Waals surface area contributed by atoms with Gasteiger partial charge in [-0.3, -0.25) is 9.69 Å². The summed E-state index contributed by atoms with van der Waals surface area (Å²) in [5.74, 6) is -0.147. The summed E-state index contributed by atoms with van der Waals surface area (Å²) in [4.78, 5) is 28.8. The third-order valence-electron chi connectivity index (χ3n) is 4.40. The van der Waals surface area contributed by atoms with Crippen LogP contribution >= 0.6 is 0 Å². The van der Waals surface area contributed by atoms with E-state index in [9.17, 15) is 14.7 Å². The molecule has 0 bridgehead atoms. The molecule has 24 heavy (non-hydrogen) atoms. The fourth-order valence-electron chi connectivity index (χ4n) is 3.35. The number of hydrogen-bond acceptors (Lipinski definition) is 5. The second kappa shape index (κ2) is 6.52. The van der Waals surface area contributed by atoms with Crippen LogP contribution in [0.3, 0.4) is 0 Å². The van der Waals surface area contributed by atoms with Gasteiger partial charge < -0.3 is 19.5 Å². The molecule has 0 aromatic rings. The van der Waals surface area contributed by atoms with E-state index in [1.54, 1.807) is 46.4 Å². The highest BCUT2D eigenvalue weighted by atomic mass is 16.6. The van der Waals surface area contributed by atoms with Crippen molar-refractivity contribution in [1.29, 1.82) is 0 Å². The predicted octanol–water partition coefficient (Wildman–Crippen LogP) is 1.73. The average Bonchev–Trinajstić information content (AvgIpc) is 2.66. The van der Waals surface area contributed by atoms with Gasteiger partial charge in [0.25, 0.3) is 0 Å². The summed E-state index contributed by atoms with van der Waals surface area (Å²) < 4.78 is 11.4. The molecule has 2 fully saturated rings. The van der Waals surface area contributed by atoms with Crippen LogP contribution in [0.4, 0.5) is 4.79 Å². The fourth-order valence-corrected chi connectivity index (χ4v) is 3.35. The first kappa shape index (κ1) is 19.0. The monoisotopic (exact) mass is 342 g/mol. The standard InChI is InChI=1S/C17H30N2O5/c1-11-13(14(21)18-9-7-12(20)8-10-18)19(17(5,6)23-11)15(22)24-16(2,3)4/h11-13,20H,7-10H2,1-6H3/t11-,13-/m1/s1. The van der Waals surface area contributed by atoms with Crippen LogP contribution in [-0.4, -0.2) is 69.6 Å². The molecule has 0 spiro atoms. The molecule has 2 aliphatic heterocycles. The molecule has 2 saturated heterocycles. The Hall–Kier alpha value is -1.34. The molecule has 2 heterocycles. The van der Waals surface area contributed by atoms with Gasteiger partial charge in [0.1, 0.15) is 17.4 Å². The van der Waals surface area contributed by atoms with Crippen molar-refractivity contribution >= 4 is 12.0 Å². The van der Waals surface area contributed by atoms with Crippen LogP contribution in [0.2, 0.25) is 0 Å². The van der Waals surface area contributed by atoms with Gasteiger partial charge in [-0.25, -0.2) is 4.79 Å². The van der Waals surface area contributed by atoms with Gasteiger partial charge in [0.05, 0.1) is 12.2 Å². The summed E-state index contributed by atoms with van der Waals surface area (Å²) in [5.41, 5.74) is -1.57. The molecule has 2 atom stereocenters. The summed E-state index contributed by atoms with van der Waals surface area (Å²) in [7, 11) is 0. The van der Waals surface area contributed by atoms with E-state index in [4.69, 9.17) is 9.47 Å². The molecule has 7 nitrogen and oxygen atoms in total. The quantitative estimate of drug-likeness (QED) is 0.785. The summed E-state index contributed by atoms with van der Waals surface area (Å²) in [6.45, 7) is 11.7. The van der Waals surface area contributed by atoms with Gasteiger partial charge in [-0.15, -0.1) is 0 Å². The molecule has 0 aromatic heterocycles. The van der Waals surface area contributed by atoms with Gasteiger partial charge in [0, 0.05) is 13.1 Å². The zero-order valence-electron chi connectivity index (χ0n) is 15.5.